The van der Waals surface area contributed by atoms with Crippen molar-refractivity contribution in [3.05, 3.63) is 71.7 Å². The van der Waals surface area contributed by atoms with E-state index in [-0.39, 0.29) is 10.8 Å². The Morgan fingerprint density at radius 1 is 1.13 bits per heavy atom. The van der Waals surface area contributed by atoms with E-state index in [2.05, 4.69) is 38.8 Å². The predicted molar refractivity (Wildman–Crippen MR) is 128 cm³/mol. The van der Waals surface area contributed by atoms with Gasteiger partial charge in [-0.2, -0.15) is 0 Å². The molecule has 0 saturated heterocycles. The van der Waals surface area contributed by atoms with Gasteiger partial charge in [0.1, 0.15) is 0 Å². The first-order valence-corrected chi connectivity index (χ1v) is 13.5. The molecule has 0 aliphatic carbocycles. The summed E-state index contributed by atoms with van der Waals surface area (Å²) < 4.78 is 6.31. The molecule has 0 amide bonds. The van der Waals surface area contributed by atoms with Gasteiger partial charge >= 0.3 is 0 Å². The zero-order valence-electron chi connectivity index (χ0n) is 19.5. The predicted octanol–water partition coefficient (Wildman–Crippen LogP) is 5.82. The summed E-state index contributed by atoms with van der Waals surface area (Å²) >= 11 is 0. The van der Waals surface area contributed by atoms with Gasteiger partial charge in [0.05, 0.1) is 0 Å². The molecule has 2 aromatic rings. The Morgan fingerprint density at radius 2 is 1.80 bits per heavy atom. The van der Waals surface area contributed by atoms with Crippen molar-refractivity contribution in [1.29, 1.82) is 0 Å². The number of hydrogen-bond acceptors (Lipinski definition) is 4. The fourth-order valence-corrected chi connectivity index (χ4v) is 4.03. The van der Waals surface area contributed by atoms with Crippen molar-refractivity contribution >= 4 is 19.7 Å². The molecule has 0 radical (unpaired) electrons. The number of benzene rings is 1. The molecule has 1 aromatic heterocycles. The lowest BCUT2D eigenvalue weighted by Gasteiger charge is -2.36. The average molecular weight is 425 g/mol. The summed E-state index contributed by atoms with van der Waals surface area (Å²) in [5, 5.41) is 0.201. The number of rotatable bonds is 9. The zero-order valence-corrected chi connectivity index (χ0v) is 20.5. The molecule has 30 heavy (non-hydrogen) atoms. The minimum atomic E-state index is -1.75. The van der Waals surface area contributed by atoms with E-state index in [0.717, 1.165) is 24.0 Å². The molecule has 0 aliphatic heterocycles. The van der Waals surface area contributed by atoms with Crippen LogP contribution in [0.1, 0.15) is 48.7 Å². The van der Waals surface area contributed by atoms with Crippen LogP contribution in [0.4, 0.5) is 0 Å². The summed E-state index contributed by atoms with van der Waals surface area (Å²) in [6.45, 7) is 12.0. The van der Waals surface area contributed by atoms with Gasteiger partial charge in [0.25, 0.3) is 0 Å². The minimum Gasteiger partial charge on any atom is -0.417 e. The van der Waals surface area contributed by atoms with Crippen molar-refractivity contribution in [3.63, 3.8) is 0 Å². The first-order chi connectivity index (χ1) is 14.0. The Hall–Kier alpha value is -2.24. The normalized spacial score (nSPS) is 12.7. The molecule has 0 bridgehead atoms. The lowest BCUT2D eigenvalue weighted by atomic mass is 9.94. The van der Waals surface area contributed by atoms with Gasteiger partial charge < -0.3 is 9.33 Å². The molecular weight excluding hydrogens is 388 g/mol. The van der Waals surface area contributed by atoms with Gasteiger partial charge in [-0.1, -0.05) is 51.1 Å². The maximum atomic E-state index is 13.5. The van der Waals surface area contributed by atoms with Gasteiger partial charge in [-0.25, -0.2) is 0 Å². The molecule has 5 heteroatoms. The Bertz CT molecular complexity index is 868. The monoisotopic (exact) mass is 424 g/mol. The maximum absolute atomic E-state index is 13.5. The van der Waals surface area contributed by atoms with Crippen LogP contribution < -0.4 is 0 Å². The van der Waals surface area contributed by atoms with Crippen LogP contribution >= 0.6 is 0 Å². The third kappa shape index (κ3) is 6.38. The fraction of sp³-hybridized carbons (Fsp3) is 0.440. The van der Waals surface area contributed by atoms with Crippen molar-refractivity contribution in [2.45, 2.75) is 51.7 Å². The topological polar surface area (TPSA) is 42.4 Å². The average Bonchev–Trinajstić information content (AvgIpc) is 2.69. The van der Waals surface area contributed by atoms with Crippen molar-refractivity contribution in [3.8, 4) is 0 Å². The first kappa shape index (κ1) is 24.0. The van der Waals surface area contributed by atoms with Crippen LogP contribution in [0.15, 0.2) is 55.0 Å². The van der Waals surface area contributed by atoms with Gasteiger partial charge in [0.2, 0.25) is 0 Å². The third-order valence-electron chi connectivity index (χ3n) is 5.73. The number of aryl methyl sites for hydroxylation is 1. The molecule has 1 heterocycles. The SMILES string of the molecule is CN(C)/C=C(/C(=O)c1cnccc1CCCO[Si](C)(C)C(C)(C)C)c1ccccc1. The zero-order chi connectivity index (χ0) is 22.4. The van der Waals surface area contributed by atoms with Gasteiger partial charge in [-0.3, -0.25) is 9.78 Å². The number of carbonyl (C=O) groups excluding carboxylic acids is 1. The number of Topliss-reactive ketones (excluding diaryl/α,β-unsaturated/α-hetero) is 1. The van der Waals surface area contributed by atoms with Crippen LogP contribution in [0.2, 0.25) is 18.1 Å². The standard InChI is InChI=1S/C25H36N2O2Si/c1-25(2,3)30(6,7)29-17-11-14-21-15-16-26-18-22(21)24(28)23(19-27(4)5)20-12-9-8-10-13-20/h8-10,12-13,15-16,18-19H,11,14,17H2,1-7H3/b23-19+. The number of nitrogens with zero attached hydrogens (tertiary/aromatic N) is 2. The maximum Gasteiger partial charge on any atom is 0.196 e. The number of ketones is 1. The summed E-state index contributed by atoms with van der Waals surface area (Å²) in [4.78, 5) is 19.6. The summed E-state index contributed by atoms with van der Waals surface area (Å²) in [5.41, 5.74) is 3.27. The molecule has 0 unspecified atom stereocenters. The highest BCUT2D eigenvalue weighted by molar-refractivity contribution is 6.74. The molecule has 0 saturated carbocycles. The summed E-state index contributed by atoms with van der Waals surface area (Å²) in [6, 6.07) is 11.8. The van der Waals surface area contributed by atoms with Crippen molar-refractivity contribution in [2.75, 3.05) is 20.7 Å². The van der Waals surface area contributed by atoms with Crippen molar-refractivity contribution < 1.29 is 9.22 Å². The van der Waals surface area contributed by atoms with Crippen LogP contribution in [0.5, 0.6) is 0 Å². The van der Waals surface area contributed by atoms with Gasteiger partial charge in [-0.05, 0) is 48.2 Å². The van der Waals surface area contributed by atoms with Crippen LogP contribution in [0, 0.1) is 0 Å². The molecule has 0 fully saturated rings. The van der Waals surface area contributed by atoms with Gasteiger partial charge in [0, 0.05) is 50.4 Å². The largest absolute Gasteiger partial charge is 0.417 e. The van der Waals surface area contributed by atoms with E-state index >= 15 is 0 Å². The number of hydrogen-bond donors (Lipinski definition) is 0. The summed E-state index contributed by atoms with van der Waals surface area (Å²) in [7, 11) is 2.11. The van der Waals surface area contributed by atoms with Crippen LogP contribution in [0.25, 0.3) is 5.57 Å². The highest BCUT2D eigenvalue weighted by Crippen LogP contribution is 2.36. The lowest BCUT2D eigenvalue weighted by Crippen LogP contribution is -2.41. The third-order valence-corrected chi connectivity index (χ3v) is 10.3. The number of pyridine rings is 1. The van der Waals surface area contributed by atoms with Crippen LogP contribution in [-0.2, 0) is 10.8 Å². The smallest absolute Gasteiger partial charge is 0.196 e. The minimum absolute atomic E-state index is 0.00307. The van der Waals surface area contributed by atoms with E-state index in [0.29, 0.717) is 17.7 Å². The second-order valence-corrected chi connectivity index (χ2v) is 14.3. The van der Waals surface area contributed by atoms with Gasteiger partial charge in [-0.15, -0.1) is 0 Å². The van der Waals surface area contributed by atoms with Crippen LogP contribution in [0.3, 0.4) is 0 Å². The van der Waals surface area contributed by atoms with E-state index in [4.69, 9.17) is 4.43 Å². The molecule has 4 nitrogen and oxygen atoms in total. The number of carbonyl (C=O) groups is 1. The van der Waals surface area contributed by atoms with E-state index < -0.39 is 8.32 Å². The van der Waals surface area contributed by atoms with E-state index in [1.807, 2.05) is 61.6 Å². The van der Waals surface area contributed by atoms with Crippen molar-refractivity contribution in [1.82, 2.24) is 9.88 Å². The molecule has 2 rings (SSSR count). The van der Waals surface area contributed by atoms with Crippen molar-refractivity contribution in [2.24, 2.45) is 0 Å². The Balaban J connectivity index is 2.18. The fourth-order valence-electron chi connectivity index (χ4n) is 2.94. The van der Waals surface area contributed by atoms with Gasteiger partial charge in [0.15, 0.2) is 14.1 Å². The molecular formula is C25H36N2O2Si. The number of allylic oxidation sites excluding steroid dienone is 1. The second-order valence-electron chi connectivity index (χ2n) is 9.45. The molecule has 162 valence electrons. The molecule has 0 atom stereocenters. The van der Waals surface area contributed by atoms with E-state index in [1.165, 1.54) is 0 Å². The Labute approximate surface area is 183 Å². The second kappa shape index (κ2) is 10.2. The Kier molecular flexibility index (Phi) is 8.15. The summed E-state index contributed by atoms with van der Waals surface area (Å²) in [5.74, 6) is 0.00307. The first-order valence-electron chi connectivity index (χ1n) is 10.6. The quantitative estimate of drug-likeness (QED) is 0.220. The Morgan fingerprint density at radius 3 is 2.40 bits per heavy atom. The summed E-state index contributed by atoms with van der Waals surface area (Å²) in [6.07, 6.45) is 7.02. The highest BCUT2D eigenvalue weighted by Gasteiger charge is 2.36. The highest BCUT2D eigenvalue weighted by atomic mass is 28.4. The number of aromatic nitrogens is 1. The lowest BCUT2D eigenvalue weighted by molar-refractivity contribution is 0.105. The van der Waals surface area contributed by atoms with Crippen LogP contribution in [-0.4, -0.2) is 44.7 Å². The van der Waals surface area contributed by atoms with E-state index in [9.17, 15) is 4.79 Å². The molecule has 0 spiro atoms. The molecule has 1 aromatic carbocycles. The van der Waals surface area contributed by atoms with E-state index in [1.54, 1.807) is 12.4 Å². The molecule has 0 N–H and O–H groups in total. The molecule has 0 aliphatic rings.